The minimum atomic E-state index is -0.946. The van der Waals surface area contributed by atoms with Crippen molar-refractivity contribution in [3.63, 3.8) is 0 Å². The summed E-state index contributed by atoms with van der Waals surface area (Å²) in [6, 6.07) is 0.222. The van der Waals surface area contributed by atoms with E-state index < -0.39 is 22.5 Å². The van der Waals surface area contributed by atoms with Gasteiger partial charge in [0.2, 0.25) is 0 Å². The third-order valence-corrected chi connectivity index (χ3v) is 2.71. The predicted octanol–water partition coefficient (Wildman–Crippen LogP) is 0.816. The molecule has 0 radical (unpaired) electrons. The summed E-state index contributed by atoms with van der Waals surface area (Å²) in [5.41, 5.74) is -0.527. The summed E-state index contributed by atoms with van der Waals surface area (Å²) < 4.78 is 10.6. The van der Waals surface area contributed by atoms with E-state index in [1.54, 1.807) is 0 Å². The molecule has 1 aromatic heterocycles. The molecule has 0 bridgehead atoms. The average Bonchev–Trinajstić information content (AvgIpc) is 2.40. The molecule has 0 saturated carbocycles. The fraction of sp³-hybridized carbons (Fsp3) is 0.500. The summed E-state index contributed by atoms with van der Waals surface area (Å²) in [5.74, 6) is -0.649. The molecular weight excluding hydrogens is 268 g/mol. The molecule has 1 unspecified atom stereocenters. The Bertz CT molecular complexity index is 566. The van der Waals surface area contributed by atoms with E-state index in [1.165, 1.54) is 27.0 Å². The highest BCUT2D eigenvalue weighted by Gasteiger charge is 2.21. The summed E-state index contributed by atoms with van der Waals surface area (Å²) in [6.45, 7) is 3.19. The highest BCUT2D eigenvalue weighted by molar-refractivity contribution is 5.73. The first-order valence-electron chi connectivity index (χ1n) is 5.91. The second-order valence-electron chi connectivity index (χ2n) is 4.19. The van der Waals surface area contributed by atoms with Gasteiger partial charge in [0.1, 0.15) is 12.6 Å². The third kappa shape index (κ3) is 3.64. The summed E-state index contributed by atoms with van der Waals surface area (Å²) >= 11 is 0. The zero-order valence-electron chi connectivity index (χ0n) is 11.5. The average molecular weight is 284 g/mol. The number of aromatic nitrogens is 1. The van der Waals surface area contributed by atoms with Crippen LogP contribution >= 0.6 is 0 Å². The predicted molar refractivity (Wildman–Crippen MR) is 69.6 cm³/mol. The van der Waals surface area contributed by atoms with Gasteiger partial charge >= 0.3 is 5.97 Å². The number of hydrogen-bond acceptors (Lipinski definition) is 6. The van der Waals surface area contributed by atoms with E-state index in [2.05, 4.69) is 0 Å². The van der Waals surface area contributed by atoms with Crippen molar-refractivity contribution in [2.24, 2.45) is 0 Å². The number of pyridine rings is 1. The van der Waals surface area contributed by atoms with E-state index in [9.17, 15) is 19.7 Å². The lowest BCUT2D eigenvalue weighted by Gasteiger charge is -2.14. The van der Waals surface area contributed by atoms with Crippen LogP contribution in [0.4, 0.5) is 5.69 Å². The van der Waals surface area contributed by atoms with E-state index in [4.69, 9.17) is 9.47 Å². The number of hydrogen-bond donors (Lipinski definition) is 0. The molecule has 0 aliphatic heterocycles. The number of carbonyl (C=O) groups is 1. The Balaban J connectivity index is 3.03. The van der Waals surface area contributed by atoms with Crippen molar-refractivity contribution < 1.29 is 19.2 Å². The smallest absolute Gasteiger partial charge is 0.329 e. The Morgan fingerprint density at radius 2 is 2.15 bits per heavy atom. The van der Waals surface area contributed by atoms with Gasteiger partial charge < -0.3 is 9.47 Å². The Hall–Kier alpha value is -2.22. The van der Waals surface area contributed by atoms with Crippen LogP contribution in [-0.2, 0) is 14.3 Å². The fourth-order valence-corrected chi connectivity index (χ4v) is 1.57. The summed E-state index contributed by atoms with van der Waals surface area (Å²) in [7, 11) is 1.46. The van der Waals surface area contributed by atoms with Gasteiger partial charge in [0.25, 0.3) is 11.2 Å². The zero-order chi connectivity index (χ0) is 15.3. The van der Waals surface area contributed by atoms with Crippen molar-refractivity contribution >= 4 is 11.7 Å². The number of nitrogens with zero attached hydrogens (tertiary/aromatic N) is 2. The first kappa shape index (κ1) is 15.8. The quantitative estimate of drug-likeness (QED) is 0.332. The molecule has 8 heteroatoms. The molecule has 0 aromatic carbocycles. The highest BCUT2D eigenvalue weighted by atomic mass is 16.6. The molecule has 1 aromatic rings. The maximum atomic E-state index is 11.9. The monoisotopic (exact) mass is 284 g/mol. The largest absolute Gasteiger partial charge is 0.462 e. The van der Waals surface area contributed by atoms with E-state index >= 15 is 0 Å². The second kappa shape index (κ2) is 6.80. The van der Waals surface area contributed by atoms with Crippen LogP contribution in [0, 0.1) is 17.0 Å². The Morgan fingerprint density at radius 3 is 2.70 bits per heavy atom. The summed E-state index contributed by atoms with van der Waals surface area (Å²) in [5, 5.41) is 10.8. The molecule has 0 aliphatic carbocycles. The maximum absolute atomic E-state index is 11.9. The zero-order valence-corrected chi connectivity index (χ0v) is 11.5. The van der Waals surface area contributed by atoms with Gasteiger partial charge in [-0.25, -0.2) is 4.79 Å². The van der Waals surface area contributed by atoms with Gasteiger partial charge in [0.05, 0.1) is 17.7 Å². The highest BCUT2D eigenvalue weighted by Crippen LogP contribution is 2.14. The van der Waals surface area contributed by atoms with Gasteiger partial charge in [0, 0.05) is 18.7 Å². The van der Waals surface area contributed by atoms with Crippen LogP contribution in [0.15, 0.2) is 17.1 Å². The molecule has 0 fully saturated rings. The number of carbonyl (C=O) groups excluding carboxylic acids is 1. The molecule has 0 aliphatic rings. The standard InChI is InChI=1S/C12H16N2O6/c1-8-6-10(14(17)18)7-13(11(8)15)9(2)12(16)20-5-4-19-3/h6-7,9H,4-5H2,1-3H3. The van der Waals surface area contributed by atoms with E-state index in [1.807, 2.05) is 0 Å². The van der Waals surface area contributed by atoms with Gasteiger partial charge in [0.15, 0.2) is 0 Å². The van der Waals surface area contributed by atoms with Crippen molar-refractivity contribution in [2.75, 3.05) is 20.3 Å². The van der Waals surface area contributed by atoms with Crippen LogP contribution in [-0.4, -0.2) is 35.8 Å². The van der Waals surface area contributed by atoms with E-state index in [-0.39, 0.29) is 24.5 Å². The minimum Gasteiger partial charge on any atom is -0.462 e. The Labute approximate surface area is 115 Å². The fourth-order valence-electron chi connectivity index (χ4n) is 1.57. The number of methoxy groups -OCH3 is 1. The molecule has 0 spiro atoms. The molecular formula is C12H16N2O6. The van der Waals surface area contributed by atoms with Gasteiger partial charge in [-0.1, -0.05) is 0 Å². The van der Waals surface area contributed by atoms with Crippen molar-refractivity contribution in [3.8, 4) is 0 Å². The molecule has 1 heterocycles. The number of nitro groups is 1. The topological polar surface area (TPSA) is 101 Å². The lowest BCUT2D eigenvalue weighted by Crippen LogP contribution is -2.30. The molecule has 20 heavy (non-hydrogen) atoms. The van der Waals surface area contributed by atoms with Crippen molar-refractivity contribution in [1.29, 1.82) is 0 Å². The normalized spacial score (nSPS) is 11.9. The number of esters is 1. The molecule has 0 amide bonds. The van der Waals surface area contributed by atoms with Gasteiger partial charge in [-0.3, -0.25) is 19.5 Å². The molecule has 1 atom stereocenters. The van der Waals surface area contributed by atoms with Crippen LogP contribution in [0.5, 0.6) is 0 Å². The van der Waals surface area contributed by atoms with E-state index in [0.717, 1.165) is 10.8 Å². The lowest BCUT2D eigenvalue weighted by atomic mass is 10.2. The first-order chi connectivity index (χ1) is 9.38. The van der Waals surface area contributed by atoms with Crippen molar-refractivity contribution in [3.05, 3.63) is 38.3 Å². The Morgan fingerprint density at radius 1 is 1.50 bits per heavy atom. The number of rotatable bonds is 6. The summed E-state index contributed by atoms with van der Waals surface area (Å²) in [4.78, 5) is 33.8. The molecule has 110 valence electrons. The van der Waals surface area contributed by atoms with Crippen LogP contribution in [0.2, 0.25) is 0 Å². The molecule has 1 rings (SSSR count). The van der Waals surface area contributed by atoms with Crippen LogP contribution < -0.4 is 5.56 Å². The number of ether oxygens (including phenoxy) is 2. The first-order valence-corrected chi connectivity index (χ1v) is 5.91. The Kier molecular flexibility index (Phi) is 5.39. The van der Waals surface area contributed by atoms with E-state index in [0.29, 0.717) is 0 Å². The number of aryl methyl sites for hydroxylation is 1. The maximum Gasteiger partial charge on any atom is 0.329 e. The lowest BCUT2D eigenvalue weighted by molar-refractivity contribution is -0.385. The minimum absolute atomic E-state index is 0.0579. The molecule has 0 N–H and O–H groups in total. The van der Waals surface area contributed by atoms with Gasteiger partial charge in [-0.15, -0.1) is 0 Å². The van der Waals surface area contributed by atoms with Crippen LogP contribution in [0.1, 0.15) is 18.5 Å². The van der Waals surface area contributed by atoms with Gasteiger partial charge in [-0.05, 0) is 13.8 Å². The molecule has 0 saturated heterocycles. The second-order valence-corrected chi connectivity index (χ2v) is 4.19. The SMILES string of the molecule is COCCOC(=O)C(C)n1cc([N+](=O)[O-])cc(C)c1=O. The van der Waals surface area contributed by atoms with Crippen molar-refractivity contribution in [1.82, 2.24) is 4.57 Å². The van der Waals surface area contributed by atoms with Crippen LogP contribution in [0.25, 0.3) is 0 Å². The van der Waals surface area contributed by atoms with Crippen LogP contribution in [0.3, 0.4) is 0 Å². The molecule has 8 nitrogen and oxygen atoms in total. The van der Waals surface area contributed by atoms with Crippen molar-refractivity contribution in [2.45, 2.75) is 19.9 Å². The summed E-state index contributed by atoms with van der Waals surface area (Å²) in [6.07, 6.45) is 1.04. The third-order valence-electron chi connectivity index (χ3n) is 2.71. The van der Waals surface area contributed by atoms with Gasteiger partial charge in [-0.2, -0.15) is 0 Å².